The molecule has 0 atom stereocenters. The third-order valence-electron chi connectivity index (χ3n) is 7.17. The van der Waals surface area contributed by atoms with E-state index in [0.717, 1.165) is 48.3 Å². The van der Waals surface area contributed by atoms with Gasteiger partial charge < -0.3 is 15.2 Å². The number of hydrogen-bond donors (Lipinski definition) is 2. The molecule has 0 unspecified atom stereocenters. The Hall–Kier alpha value is -2.67. The Kier molecular flexibility index (Phi) is 6.23. The Morgan fingerprint density at radius 2 is 1.71 bits per heavy atom. The minimum atomic E-state index is -3.36. The molecule has 2 aliphatic rings. The normalized spacial score (nSPS) is 17.3. The zero-order valence-corrected chi connectivity index (χ0v) is 21.1. The SMILES string of the molecule is CC(C)CS(=O)(=O)Nc1ccc(-c2c(N)c3ccc(N4CCCCC4)cc3n2C2CCC2)cc1. The molecule has 2 aromatic carbocycles. The van der Waals surface area contributed by atoms with Gasteiger partial charge in [-0.15, -0.1) is 0 Å². The van der Waals surface area contributed by atoms with Gasteiger partial charge in [0, 0.05) is 41.5 Å². The first-order chi connectivity index (χ1) is 16.3. The van der Waals surface area contributed by atoms with Crippen molar-refractivity contribution in [1.82, 2.24) is 4.57 Å². The molecule has 182 valence electrons. The number of fused-ring (bicyclic) bond motifs is 1. The number of nitrogens with zero attached hydrogens (tertiary/aromatic N) is 2. The molecule has 6 nitrogen and oxygen atoms in total. The van der Waals surface area contributed by atoms with Crippen molar-refractivity contribution < 1.29 is 8.42 Å². The molecular weight excluding hydrogens is 444 g/mol. The number of nitrogen functional groups attached to an aromatic ring is 1. The van der Waals surface area contributed by atoms with E-state index in [1.54, 1.807) is 0 Å². The van der Waals surface area contributed by atoms with Gasteiger partial charge in [0.05, 0.1) is 22.7 Å². The first-order valence-corrected chi connectivity index (χ1v) is 14.3. The number of anilines is 3. The van der Waals surface area contributed by atoms with Crippen LogP contribution in [0, 0.1) is 5.92 Å². The molecule has 1 aromatic heterocycles. The summed E-state index contributed by atoms with van der Waals surface area (Å²) in [5.41, 5.74) is 12.7. The third kappa shape index (κ3) is 4.50. The van der Waals surface area contributed by atoms with Gasteiger partial charge in [0.1, 0.15) is 0 Å². The fourth-order valence-corrected chi connectivity index (χ4v) is 6.80. The lowest BCUT2D eigenvalue weighted by molar-refractivity contribution is 0.324. The maximum absolute atomic E-state index is 12.3. The highest BCUT2D eigenvalue weighted by molar-refractivity contribution is 7.92. The quantitative estimate of drug-likeness (QED) is 0.434. The van der Waals surface area contributed by atoms with E-state index in [1.165, 1.54) is 36.9 Å². The predicted octanol–water partition coefficient (Wildman–Crippen LogP) is 6.00. The van der Waals surface area contributed by atoms with Crippen molar-refractivity contribution in [3.8, 4) is 11.3 Å². The van der Waals surface area contributed by atoms with E-state index in [1.807, 2.05) is 38.1 Å². The van der Waals surface area contributed by atoms with Crippen molar-refractivity contribution in [2.45, 2.75) is 58.4 Å². The molecule has 0 bridgehead atoms. The summed E-state index contributed by atoms with van der Waals surface area (Å²) < 4.78 is 29.8. The van der Waals surface area contributed by atoms with Gasteiger partial charge in [0.25, 0.3) is 0 Å². The molecule has 2 heterocycles. The number of rotatable bonds is 7. The van der Waals surface area contributed by atoms with Gasteiger partial charge in [-0.05, 0) is 74.8 Å². The van der Waals surface area contributed by atoms with Crippen molar-refractivity contribution in [2.24, 2.45) is 5.92 Å². The van der Waals surface area contributed by atoms with E-state index >= 15 is 0 Å². The lowest BCUT2D eigenvalue weighted by atomic mass is 9.92. The molecule has 0 amide bonds. The van der Waals surface area contributed by atoms with Crippen LogP contribution in [0.15, 0.2) is 42.5 Å². The smallest absolute Gasteiger partial charge is 0.232 e. The second kappa shape index (κ2) is 9.17. The van der Waals surface area contributed by atoms with Crippen molar-refractivity contribution in [3.05, 3.63) is 42.5 Å². The second-order valence-electron chi connectivity index (χ2n) is 10.3. The molecule has 1 aliphatic heterocycles. The van der Waals surface area contributed by atoms with E-state index in [9.17, 15) is 8.42 Å². The minimum Gasteiger partial charge on any atom is -0.396 e. The third-order valence-corrected chi connectivity index (χ3v) is 8.82. The molecule has 34 heavy (non-hydrogen) atoms. The first-order valence-electron chi connectivity index (χ1n) is 12.6. The topological polar surface area (TPSA) is 80.4 Å². The van der Waals surface area contributed by atoms with Crippen LogP contribution in [-0.2, 0) is 10.0 Å². The van der Waals surface area contributed by atoms with Gasteiger partial charge in [-0.3, -0.25) is 4.72 Å². The van der Waals surface area contributed by atoms with Gasteiger partial charge in [-0.25, -0.2) is 8.42 Å². The van der Waals surface area contributed by atoms with Crippen molar-refractivity contribution in [3.63, 3.8) is 0 Å². The Labute approximate surface area is 203 Å². The molecule has 0 radical (unpaired) electrons. The monoisotopic (exact) mass is 480 g/mol. The van der Waals surface area contributed by atoms with Crippen LogP contribution in [0.2, 0.25) is 0 Å². The van der Waals surface area contributed by atoms with Gasteiger partial charge in [0.15, 0.2) is 0 Å². The summed E-state index contributed by atoms with van der Waals surface area (Å²) >= 11 is 0. The molecule has 2 fully saturated rings. The fraction of sp³-hybridized carbons (Fsp3) is 0.481. The van der Waals surface area contributed by atoms with Crippen LogP contribution in [-0.4, -0.2) is 31.8 Å². The Morgan fingerprint density at radius 1 is 1.00 bits per heavy atom. The van der Waals surface area contributed by atoms with E-state index < -0.39 is 10.0 Å². The van der Waals surface area contributed by atoms with E-state index in [-0.39, 0.29) is 11.7 Å². The van der Waals surface area contributed by atoms with E-state index in [2.05, 4.69) is 32.4 Å². The number of nitrogens with two attached hydrogens (primary N) is 1. The highest BCUT2D eigenvalue weighted by atomic mass is 32.2. The summed E-state index contributed by atoms with van der Waals surface area (Å²) in [6.45, 7) is 6.04. The lowest BCUT2D eigenvalue weighted by Crippen LogP contribution is -2.29. The molecule has 0 spiro atoms. The lowest BCUT2D eigenvalue weighted by Gasteiger charge is -2.31. The van der Waals surface area contributed by atoms with Crippen LogP contribution in [0.5, 0.6) is 0 Å². The maximum atomic E-state index is 12.3. The van der Waals surface area contributed by atoms with Gasteiger partial charge in [0.2, 0.25) is 10.0 Å². The molecule has 3 N–H and O–H groups in total. The highest BCUT2D eigenvalue weighted by Gasteiger charge is 2.27. The summed E-state index contributed by atoms with van der Waals surface area (Å²) in [5.74, 6) is 0.182. The van der Waals surface area contributed by atoms with Crippen LogP contribution in [0.25, 0.3) is 22.2 Å². The summed E-state index contributed by atoms with van der Waals surface area (Å²) in [6.07, 6.45) is 7.39. The molecular formula is C27H36N4O2S. The fourth-order valence-electron chi connectivity index (χ4n) is 5.35. The van der Waals surface area contributed by atoms with Crippen LogP contribution < -0.4 is 15.4 Å². The van der Waals surface area contributed by atoms with E-state index in [0.29, 0.717) is 11.7 Å². The predicted molar refractivity (Wildman–Crippen MR) is 143 cm³/mol. The molecule has 1 aliphatic carbocycles. The summed E-state index contributed by atoms with van der Waals surface area (Å²) in [5, 5.41) is 1.10. The molecule has 7 heteroatoms. The number of piperidine rings is 1. The zero-order valence-electron chi connectivity index (χ0n) is 20.3. The summed E-state index contributed by atoms with van der Waals surface area (Å²) in [7, 11) is -3.36. The number of hydrogen-bond acceptors (Lipinski definition) is 4. The Balaban J connectivity index is 1.53. The summed E-state index contributed by atoms with van der Waals surface area (Å²) in [4.78, 5) is 2.50. The Morgan fingerprint density at radius 3 is 2.32 bits per heavy atom. The highest BCUT2D eigenvalue weighted by Crippen LogP contribution is 2.45. The van der Waals surface area contributed by atoms with Crippen molar-refractivity contribution in [2.75, 3.05) is 34.2 Å². The minimum absolute atomic E-state index is 0.0737. The molecule has 1 saturated carbocycles. The maximum Gasteiger partial charge on any atom is 0.232 e. The van der Waals surface area contributed by atoms with E-state index in [4.69, 9.17) is 5.73 Å². The molecule has 5 rings (SSSR count). The van der Waals surface area contributed by atoms with Crippen LogP contribution in [0.4, 0.5) is 17.1 Å². The number of sulfonamides is 1. The van der Waals surface area contributed by atoms with Gasteiger partial charge >= 0.3 is 0 Å². The summed E-state index contributed by atoms with van der Waals surface area (Å²) in [6, 6.07) is 14.8. The van der Waals surface area contributed by atoms with Crippen LogP contribution >= 0.6 is 0 Å². The number of benzene rings is 2. The van der Waals surface area contributed by atoms with Crippen molar-refractivity contribution in [1.29, 1.82) is 0 Å². The second-order valence-corrected chi connectivity index (χ2v) is 12.1. The van der Waals surface area contributed by atoms with Gasteiger partial charge in [-0.2, -0.15) is 0 Å². The average molecular weight is 481 g/mol. The van der Waals surface area contributed by atoms with Crippen molar-refractivity contribution >= 4 is 38.0 Å². The van der Waals surface area contributed by atoms with Gasteiger partial charge in [-0.1, -0.05) is 26.0 Å². The van der Waals surface area contributed by atoms with Crippen LogP contribution in [0.3, 0.4) is 0 Å². The largest absolute Gasteiger partial charge is 0.396 e. The average Bonchev–Trinajstić information content (AvgIpc) is 3.04. The number of nitrogens with one attached hydrogen (secondary N) is 1. The Bertz CT molecular complexity index is 1270. The number of aromatic nitrogens is 1. The molecule has 1 saturated heterocycles. The standard InChI is InChI=1S/C27H36N4O2S/c1-19(2)18-34(32,33)29-21-11-9-20(10-12-21)27-26(28)24-14-13-23(30-15-4-3-5-16-30)17-25(24)31(27)22-7-6-8-22/h9-14,17,19,22,29H,3-8,15-16,18,28H2,1-2H3. The van der Waals surface area contributed by atoms with Crippen LogP contribution in [0.1, 0.15) is 58.4 Å². The zero-order chi connectivity index (χ0) is 23.9. The first kappa shape index (κ1) is 23.1. The molecule has 3 aromatic rings.